The van der Waals surface area contributed by atoms with Gasteiger partial charge >= 0.3 is 0 Å². The minimum atomic E-state index is 0.0760. The van der Waals surface area contributed by atoms with Crippen LogP contribution in [0, 0.1) is 0 Å². The maximum Gasteiger partial charge on any atom is 0.222 e. The number of hydrogen-bond donors (Lipinski definition) is 1. The summed E-state index contributed by atoms with van der Waals surface area (Å²) in [6, 6.07) is 18.9. The van der Waals surface area contributed by atoms with E-state index in [0.717, 1.165) is 41.7 Å². The van der Waals surface area contributed by atoms with E-state index in [1.807, 2.05) is 18.3 Å². The van der Waals surface area contributed by atoms with E-state index in [1.54, 1.807) is 0 Å². The Kier molecular flexibility index (Phi) is 6.55. The second-order valence-electron chi connectivity index (χ2n) is 9.73. The van der Waals surface area contributed by atoms with Gasteiger partial charge in [-0.1, -0.05) is 44.5 Å². The maximum atomic E-state index is 6.41. The topological polar surface area (TPSA) is 81.5 Å². The van der Waals surface area contributed by atoms with Gasteiger partial charge in [-0.15, -0.1) is 10.2 Å². The lowest BCUT2D eigenvalue weighted by atomic mass is 10.0. The zero-order chi connectivity index (χ0) is 25.1. The summed E-state index contributed by atoms with van der Waals surface area (Å²) >= 11 is 0. The lowest BCUT2D eigenvalue weighted by Gasteiger charge is -2.27. The number of nitrogens with zero attached hydrogens (tertiary/aromatic N) is 5. The molecule has 0 spiro atoms. The van der Waals surface area contributed by atoms with Gasteiger partial charge in [0.1, 0.15) is 18.1 Å². The van der Waals surface area contributed by atoms with Crippen molar-refractivity contribution in [2.45, 2.75) is 59.1 Å². The van der Waals surface area contributed by atoms with E-state index >= 15 is 0 Å². The zero-order valence-electron chi connectivity index (χ0n) is 21.3. The molecule has 0 unspecified atom stereocenters. The van der Waals surface area contributed by atoms with E-state index in [4.69, 9.17) is 4.74 Å². The molecule has 184 valence electrons. The first-order valence-corrected chi connectivity index (χ1v) is 12.6. The molecule has 0 aliphatic rings. The molecule has 0 amide bonds. The Labute approximate surface area is 211 Å². The third-order valence-corrected chi connectivity index (χ3v) is 6.95. The van der Waals surface area contributed by atoms with E-state index in [1.165, 1.54) is 16.5 Å². The van der Waals surface area contributed by atoms with Crippen LogP contribution in [0.4, 0.5) is 0 Å². The summed E-state index contributed by atoms with van der Waals surface area (Å²) in [6.07, 6.45) is 7.19. The molecule has 7 nitrogen and oxygen atoms in total. The molecule has 5 aromatic rings. The van der Waals surface area contributed by atoms with E-state index in [9.17, 15) is 0 Å². The molecule has 0 radical (unpaired) electrons. The van der Waals surface area contributed by atoms with E-state index < -0.39 is 0 Å². The van der Waals surface area contributed by atoms with Gasteiger partial charge in [-0.3, -0.25) is 4.98 Å². The van der Waals surface area contributed by atoms with Crippen LogP contribution in [0.1, 0.15) is 51.7 Å². The van der Waals surface area contributed by atoms with Gasteiger partial charge in [0.15, 0.2) is 0 Å². The van der Waals surface area contributed by atoms with Gasteiger partial charge in [-0.2, -0.15) is 5.21 Å². The van der Waals surface area contributed by atoms with Crippen LogP contribution in [0.2, 0.25) is 0 Å². The predicted molar refractivity (Wildman–Crippen MR) is 143 cm³/mol. The second-order valence-corrected chi connectivity index (χ2v) is 9.73. The summed E-state index contributed by atoms with van der Waals surface area (Å²) in [5, 5.41) is 15.3. The molecule has 7 heteroatoms. The summed E-state index contributed by atoms with van der Waals surface area (Å²) in [6.45, 7) is 9.54. The molecule has 2 aromatic carbocycles. The van der Waals surface area contributed by atoms with Crippen molar-refractivity contribution in [3.8, 4) is 28.4 Å². The van der Waals surface area contributed by atoms with Gasteiger partial charge in [0, 0.05) is 40.0 Å². The summed E-state index contributed by atoms with van der Waals surface area (Å²) in [5.41, 5.74) is 6.55. The van der Waals surface area contributed by atoms with Gasteiger partial charge in [0.05, 0.1) is 0 Å². The minimum Gasteiger partial charge on any atom is -0.489 e. The van der Waals surface area contributed by atoms with E-state index in [2.05, 4.69) is 107 Å². The molecule has 0 bridgehead atoms. The Morgan fingerprint density at radius 2 is 1.89 bits per heavy atom. The molecule has 0 aliphatic carbocycles. The highest BCUT2D eigenvalue weighted by molar-refractivity contribution is 5.86. The summed E-state index contributed by atoms with van der Waals surface area (Å²) in [4.78, 5) is 4.49. The van der Waals surface area contributed by atoms with Crippen LogP contribution in [0.3, 0.4) is 0 Å². The normalized spacial score (nSPS) is 11.8. The number of benzene rings is 2. The van der Waals surface area contributed by atoms with E-state index in [-0.39, 0.29) is 5.54 Å². The molecule has 0 fully saturated rings. The molecule has 0 atom stereocenters. The summed E-state index contributed by atoms with van der Waals surface area (Å²) < 4.78 is 8.81. The number of ether oxygens (including phenoxy) is 1. The molecule has 3 aromatic heterocycles. The van der Waals surface area contributed by atoms with Crippen LogP contribution in [-0.4, -0.2) is 30.2 Å². The number of aryl methyl sites for hydroxylation is 1. The smallest absolute Gasteiger partial charge is 0.222 e. The van der Waals surface area contributed by atoms with Crippen molar-refractivity contribution >= 4 is 10.9 Å². The Balaban J connectivity index is 1.37. The monoisotopic (exact) mass is 480 g/mol. The fourth-order valence-corrected chi connectivity index (χ4v) is 4.57. The average molecular weight is 481 g/mol. The molecule has 5 rings (SSSR count). The number of aromatic amines is 1. The van der Waals surface area contributed by atoms with Crippen LogP contribution in [0.25, 0.3) is 33.5 Å². The standard InChI is InChI=1S/C29H32N6O/c1-5-8-24-23-15-16-35(29(3,4)6-2)26(23)13-14-27(24)36-19-20-9-7-10-21(17-20)22-11-12-25(30-18-22)28-31-33-34-32-28/h7,9-18H,5-6,8,19H2,1-4H3,(H,31,32,33,34). The largest absolute Gasteiger partial charge is 0.489 e. The number of hydrogen-bond acceptors (Lipinski definition) is 5. The fraction of sp³-hybridized carbons (Fsp3) is 0.310. The molecule has 0 aliphatic heterocycles. The number of aromatic nitrogens is 6. The highest BCUT2D eigenvalue weighted by Gasteiger charge is 2.21. The molecule has 36 heavy (non-hydrogen) atoms. The van der Waals surface area contributed by atoms with Crippen molar-refractivity contribution in [3.63, 3.8) is 0 Å². The van der Waals surface area contributed by atoms with Crippen LogP contribution < -0.4 is 4.74 Å². The van der Waals surface area contributed by atoms with Gasteiger partial charge in [0.2, 0.25) is 5.82 Å². The maximum absolute atomic E-state index is 6.41. The third kappa shape index (κ3) is 4.61. The third-order valence-electron chi connectivity index (χ3n) is 6.95. The molecule has 0 saturated carbocycles. The molecule has 1 N–H and O–H groups in total. The Hall–Kier alpha value is -4.00. The average Bonchev–Trinajstić information content (AvgIpc) is 3.60. The Morgan fingerprint density at radius 1 is 1.00 bits per heavy atom. The first-order chi connectivity index (χ1) is 17.5. The van der Waals surface area contributed by atoms with Gasteiger partial charge in [-0.05, 0) is 73.4 Å². The predicted octanol–water partition coefficient (Wildman–Crippen LogP) is 6.56. The van der Waals surface area contributed by atoms with Crippen molar-refractivity contribution < 1.29 is 4.74 Å². The van der Waals surface area contributed by atoms with Crippen molar-refractivity contribution in [2.75, 3.05) is 0 Å². The lowest BCUT2D eigenvalue weighted by molar-refractivity contribution is 0.303. The summed E-state index contributed by atoms with van der Waals surface area (Å²) in [7, 11) is 0. The first-order valence-electron chi connectivity index (χ1n) is 12.6. The second kappa shape index (κ2) is 9.93. The first kappa shape index (κ1) is 23.7. The number of fused-ring (bicyclic) bond motifs is 1. The van der Waals surface area contributed by atoms with Crippen molar-refractivity contribution in [3.05, 3.63) is 78.1 Å². The fourth-order valence-electron chi connectivity index (χ4n) is 4.57. The number of pyridine rings is 1. The van der Waals surface area contributed by atoms with Crippen LogP contribution in [0.5, 0.6) is 5.75 Å². The molecular formula is C29H32N6O. The van der Waals surface area contributed by atoms with Crippen molar-refractivity contribution in [1.82, 2.24) is 30.2 Å². The van der Waals surface area contributed by atoms with E-state index in [0.29, 0.717) is 18.1 Å². The van der Waals surface area contributed by atoms with Crippen molar-refractivity contribution in [1.29, 1.82) is 0 Å². The zero-order valence-corrected chi connectivity index (χ0v) is 21.3. The van der Waals surface area contributed by atoms with Crippen LogP contribution in [-0.2, 0) is 18.6 Å². The van der Waals surface area contributed by atoms with Gasteiger partial charge in [-0.25, -0.2) is 0 Å². The van der Waals surface area contributed by atoms with Crippen LogP contribution >= 0.6 is 0 Å². The number of nitrogens with one attached hydrogen (secondary N) is 1. The number of tetrazole rings is 1. The molecular weight excluding hydrogens is 448 g/mol. The molecule has 3 heterocycles. The van der Waals surface area contributed by atoms with Gasteiger partial charge in [0.25, 0.3) is 0 Å². The Bertz CT molecular complexity index is 1450. The van der Waals surface area contributed by atoms with Crippen molar-refractivity contribution in [2.24, 2.45) is 0 Å². The molecule has 0 saturated heterocycles. The SMILES string of the molecule is CCCc1c(OCc2cccc(-c3ccc(-c4nn[nH]n4)nc3)c2)ccc2c1ccn2C(C)(C)CC. The number of rotatable bonds is 9. The highest BCUT2D eigenvalue weighted by Crippen LogP contribution is 2.34. The van der Waals surface area contributed by atoms with Crippen LogP contribution in [0.15, 0.2) is 67.0 Å². The lowest BCUT2D eigenvalue weighted by Crippen LogP contribution is -2.24. The summed E-state index contributed by atoms with van der Waals surface area (Å²) in [5.74, 6) is 1.45. The van der Waals surface area contributed by atoms with Gasteiger partial charge < -0.3 is 9.30 Å². The Morgan fingerprint density at radius 3 is 2.61 bits per heavy atom. The number of H-pyrrole nitrogens is 1. The quantitative estimate of drug-likeness (QED) is 0.258. The highest BCUT2D eigenvalue weighted by atomic mass is 16.5. The minimum absolute atomic E-state index is 0.0760.